The van der Waals surface area contributed by atoms with Gasteiger partial charge in [0.05, 0.1) is 0 Å². The van der Waals surface area contributed by atoms with E-state index in [2.05, 4.69) is 74.4 Å². The van der Waals surface area contributed by atoms with Gasteiger partial charge < -0.3 is 5.11 Å². The summed E-state index contributed by atoms with van der Waals surface area (Å²) in [5.41, 5.74) is 3.96. The zero-order valence-corrected chi connectivity index (χ0v) is 16.2. The summed E-state index contributed by atoms with van der Waals surface area (Å²) in [6, 6.07) is 4.47. The third kappa shape index (κ3) is 5.04. The molecule has 0 unspecified atom stereocenters. The Morgan fingerprint density at radius 3 is 1.91 bits per heavy atom. The first-order valence-electron chi connectivity index (χ1n) is 8.70. The van der Waals surface area contributed by atoms with Crippen LogP contribution in [0.25, 0.3) is 0 Å². The minimum atomic E-state index is 0.112. The van der Waals surface area contributed by atoms with Crippen LogP contribution in [0.3, 0.4) is 0 Å². The summed E-state index contributed by atoms with van der Waals surface area (Å²) in [4.78, 5) is 0. The van der Waals surface area contributed by atoms with Crippen LogP contribution in [0.4, 0.5) is 0 Å². The van der Waals surface area contributed by atoms with Crippen molar-refractivity contribution >= 4 is 0 Å². The van der Waals surface area contributed by atoms with Crippen molar-refractivity contribution in [2.75, 3.05) is 0 Å². The monoisotopic (exact) mass is 304 g/mol. The van der Waals surface area contributed by atoms with Gasteiger partial charge in [-0.2, -0.15) is 0 Å². The van der Waals surface area contributed by atoms with Gasteiger partial charge in [-0.25, -0.2) is 0 Å². The molecule has 0 aliphatic heterocycles. The fourth-order valence-corrected chi connectivity index (χ4v) is 3.57. The van der Waals surface area contributed by atoms with Crippen LogP contribution >= 0.6 is 0 Å². The molecule has 0 atom stereocenters. The third-order valence-corrected chi connectivity index (χ3v) is 4.22. The zero-order chi connectivity index (χ0) is 17.3. The van der Waals surface area contributed by atoms with Gasteiger partial charge in [-0.1, -0.05) is 74.4 Å². The molecule has 1 heteroatoms. The van der Waals surface area contributed by atoms with Crippen LogP contribution < -0.4 is 0 Å². The largest absolute Gasteiger partial charge is 0.507 e. The summed E-state index contributed by atoms with van der Waals surface area (Å²) < 4.78 is 0. The van der Waals surface area contributed by atoms with E-state index in [9.17, 15) is 5.11 Å². The van der Waals surface area contributed by atoms with Gasteiger partial charge in [0, 0.05) is 0 Å². The highest BCUT2D eigenvalue weighted by Gasteiger charge is 2.29. The molecule has 0 heterocycles. The van der Waals surface area contributed by atoms with E-state index in [0.717, 1.165) is 24.0 Å². The molecule has 1 nitrogen and oxygen atoms in total. The van der Waals surface area contributed by atoms with E-state index in [1.165, 1.54) is 5.56 Å². The van der Waals surface area contributed by atoms with Crippen LogP contribution in [0.5, 0.6) is 5.75 Å². The molecule has 0 aromatic heterocycles. The molecular formula is C21H36O. The zero-order valence-electron chi connectivity index (χ0n) is 16.2. The molecule has 0 radical (unpaired) electrons. The maximum absolute atomic E-state index is 10.6. The van der Waals surface area contributed by atoms with Crippen LogP contribution in [-0.2, 0) is 11.8 Å². The number of rotatable bonds is 5. The Morgan fingerprint density at radius 2 is 1.50 bits per heavy atom. The molecule has 126 valence electrons. The van der Waals surface area contributed by atoms with Crippen LogP contribution in [0, 0.1) is 11.3 Å². The standard InChI is InChI=1S/C21H36O/c1-14(2)10-16-11-17(12-18(15(3)4)19(16)22)21(8,9)13-20(5,6)7/h11-12,14-15,22H,10,13H2,1-9H3. The van der Waals surface area contributed by atoms with Crippen LogP contribution in [0.15, 0.2) is 12.1 Å². The highest BCUT2D eigenvalue weighted by molar-refractivity contribution is 5.47. The quantitative estimate of drug-likeness (QED) is 0.664. The van der Waals surface area contributed by atoms with Crippen LogP contribution in [0.1, 0.15) is 91.3 Å². The first-order valence-corrected chi connectivity index (χ1v) is 8.70. The van der Waals surface area contributed by atoms with Gasteiger partial charge in [-0.05, 0) is 52.2 Å². The van der Waals surface area contributed by atoms with Crippen LogP contribution in [-0.4, -0.2) is 5.11 Å². The first kappa shape index (κ1) is 19.1. The van der Waals surface area contributed by atoms with Crippen molar-refractivity contribution in [2.45, 2.75) is 86.5 Å². The van der Waals surface area contributed by atoms with Gasteiger partial charge >= 0.3 is 0 Å². The average Bonchev–Trinajstić information content (AvgIpc) is 2.27. The predicted molar refractivity (Wildman–Crippen MR) is 97.8 cm³/mol. The lowest BCUT2D eigenvalue weighted by molar-refractivity contribution is 0.283. The summed E-state index contributed by atoms with van der Waals surface area (Å²) in [5, 5.41) is 10.6. The summed E-state index contributed by atoms with van der Waals surface area (Å²) in [6.45, 7) is 20.3. The lowest BCUT2D eigenvalue weighted by atomic mass is 9.71. The Kier molecular flexibility index (Phi) is 5.76. The SMILES string of the molecule is CC(C)Cc1cc(C(C)(C)CC(C)(C)C)cc(C(C)C)c1O. The third-order valence-electron chi connectivity index (χ3n) is 4.22. The second-order valence-corrected chi connectivity index (χ2v) is 9.45. The first-order chi connectivity index (χ1) is 9.83. The molecule has 22 heavy (non-hydrogen) atoms. The topological polar surface area (TPSA) is 20.2 Å². The Morgan fingerprint density at radius 1 is 0.955 bits per heavy atom. The molecule has 0 saturated heterocycles. The van der Waals surface area contributed by atoms with Gasteiger partial charge in [0.1, 0.15) is 5.75 Å². The van der Waals surface area contributed by atoms with Crippen molar-refractivity contribution < 1.29 is 5.11 Å². The highest BCUT2D eigenvalue weighted by Crippen LogP contribution is 2.40. The summed E-state index contributed by atoms with van der Waals surface area (Å²) in [7, 11) is 0. The molecule has 1 N–H and O–H groups in total. The van der Waals surface area contributed by atoms with Crippen molar-refractivity contribution in [1.82, 2.24) is 0 Å². The van der Waals surface area contributed by atoms with Crippen molar-refractivity contribution in [3.8, 4) is 5.75 Å². The van der Waals surface area contributed by atoms with Gasteiger partial charge in [0.2, 0.25) is 0 Å². The number of phenolic OH excluding ortho intramolecular Hbond substituents is 1. The second-order valence-electron chi connectivity index (χ2n) is 9.45. The molecule has 0 spiro atoms. The molecule has 0 aliphatic rings. The number of phenols is 1. The fourth-order valence-electron chi connectivity index (χ4n) is 3.57. The minimum absolute atomic E-state index is 0.112. The summed E-state index contributed by atoms with van der Waals surface area (Å²) >= 11 is 0. The van der Waals surface area contributed by atoms with E-state index in [1.807, 2.05) is 0 Å². The number of hydrogen-bond donors (Lipinski definition) is 1. The second kappa shape index (κ2) is 6.64. The smallest absolute Gasteiger partial charge is 0.122 e. The molecule has 1 aromatic carbocycles. The summed E-state index contributed by atoms with van der Waals surface area (Å²) in [5.74, 6) is 1.40. The molecular weight excluding hydrogens is 268 g/mol. The van der Waals surface area contributed by atoms with Crippen molar-refractivity contribution in [1.29, 1.82) is 0 Å². The van der Waals surface area contributed by atoms with Crippen molar-refractivity contribution in [3.63, 3.8) is 0 Å². The van der Waals surface area contributed by atoms with Gasteiger partial charge in [-0.3, -0.25) is 0 Å². The maximum atomic E-state index is 10.6. The molecule has 0 fully saturated rings. The molecule has 0 amide bonds. The number of hydrogen-bond acceptors (Lipinski definition) is 1. The van der Waals surface area contributed by atoms with Gasteiger partial charge in [0.15, 0.2) is 0 Å². The number of benzene rings is 1. The molecule has 1 rings (SSSR count). The van der Waals surface area contributed by atoms with E-state index < -0.39 is 0 Å². The van der Waals surface area contributed by atoms with E-state index in [4.69, 9.17) is 0 Å². The minimum Gasteiger partial charge on any atom is -0.507 e. The Hall–Kier alpha value is -0.980. The highest BCUT2D eigenvalue weighted by atomic mass is 16.3. The Balaban J connectivity index is 3.38. The van der Waals surface area contributed by atoms with E-state index in [0.29, 0.717) is 17.6 Å². The summed E-state index contributed by atoms with van der Waals surface area (Å²) in [6.07, 6.45) is 2.06. The van der Waals surface area contributed by atoms with Crippen molar-refractivity contribution in [3.05, 3.63) is 28.8 Å². The van der Waals surface area contributed by atoms with E-state index in [-0.39, 0.29) is 10.8 Å². The molecule has 0 bridgehead atoms. The van der Waals surface area contributed by atoms with E-state index in [1.54, 1.807) is 0 Å². The van der Waals surface area contributed by atoms with Crippen LogP contribution in [0.2, 0.25) is 0 Å². The van der Waals surface area contributed by atoms with Gasteiger partial charge in [-0.15, -0.1) is 0 Å². The molecule has 1 aromatic rings. The fraction of sp³-hybridized carbons (Fsp3) is 0.714. The van der Waals surface area contributed by atoms with E-state index >= 15 is 0 Å². The lowest BCUT2D eigenvalue weighted by Gasteiger charge is -2.34. The molecule has 0 saturated carbocycles. The number of aromatic hydroxyl groups is 1. The predicted octanol–water partition coefficient (Wildman–Crippen LogP) is 6.43. The average molecular weight is 305 g/mol. The molecule has 0 aliphatic carbocycles. The Labute approximate surface area is 138 Å². The maximum Gasteiger partial charge on any atom is 0.122 e. The van der Waals surface area contributed by atoms with Crippen molar-refractivity contribution in [2.24, 2.45) is 11.3 Å². The lowest BCUT2D eigenvalue weighted by Crippen LogP contribution is -2.25. The van der Waals surface area contributed by atoms with Gasteiger partial charge in [0.25, 0.3) is 0 Å². The Bertz CT molecular complexity index is 501. The normalized spacial score (nSPS) is 13.2.